The van der Waals surface area contributed by atoms with Crippen molar-refractivity contribution in [2.24, 2.45) is 5.84 Å². The lowest BCUT2D eigenvalue weighted by atomic mass is 10.1. The molecule has 0 aliphatic heterocycles. The maximum atomic E-state index is 13.0. The second-order valence-corrected chi connectivity index (χ2v) is 4.23. The summed E-state index contributed by atoms with van der Waals surface area (Å²) in [6.07, 6.45) is 1.73. The number of hydrogen-bond acceptors (Lipinski definition) is 3. The molecule has 0 aliphatic carbocycles. The van der Waals surface area contributed by atoms with E-state index in [1.807, 2.05) is 0 Å². The van der Waals surface area contributed by atoms with Crippen molar-refractivity contribution in [2.75, 3.05) is 0 Å². The topological polar surface area (TPSA) is 72.4 Å². The fourth-order valence-corrected chi connectivity index (χ4v) is 2.10. The van der Waals surface area contributed by atoms with Gasteiger partial charge in [0.1, 0.15) is 11.5 Å². The van der Waals surface area contributed by atoms with Crippen molar-refractivity contribution in [3.63, 3.8) is 0 Å². The molecule has 0 fully saturated rings. The summed E-state index contributed by atoms with van der Waals surface area (Å²) >= 11 is 0. The number of carbonyl (C=O) groups excluding carboxylic acids is 1. The van der Waals surface area contributed by atoms with Crippen molar-refractivity contribution in [3.8, 4) is 11.3 Å². The van der Waals surface area contributed by atoms with Gasteiger partial charge in [-0.3, -0.25) is 10.2 Å². The van der Waals surface area contributed by atoms with Gasteiger partial charge in [0.2, 0.25) is 0 Å². The minimum Gasteiger partial charge on any atom is -0.290 e. The van der Waals surface area contributed by atoms with Crippen molar-refractivity contribution in [1.29, 1.82) is 0 Å². The van der Waals surface area contributed by atoms with E-state index in [-0.39, 0.29) is 5.82 Å². The smallest absolute Gasteiger partial charge is 0.269 e. The highest BCUT2D eigenvalue weighted by Gasteiger charge is 2.19. The number of fused-ring (bicyclic) bond motifs is 1. The van der Waals surface area contributed by atoms with Crippen molar-refractivity contribution in [2.45, 2.75) is 0 Å². The highest BCUT2D eigenvalue weighted by Crippen LogP contribution is 2.26. The third-order valence-electron chi connectivity index (χ3n) is 3.02. The largest absolute Gasteiger partial charge is 0.290 e. The second kappa shape index (κ2) is 4.75. The molecule has 0 spiro atoms. The van der Waals surface area contributed by atoms with Crippen LogP contribution in [0.3, 0.4) is 0 Å². The van der Waals surface area contributed by atoms with Crippen molar-refractivity contribution < 1.29 is 9.18 Å². The standard InChI is InChI=1S/C14H11FN4O/c15-10-6-4-9(5-7-10)13-12(14(20)17-16)11-3-1-2-8-19(11)18-13/h1-8H,16H2,(H,17,20). The van der Waals surface area contributed by atoms with Crippen LogP contribution in [0.2, 0.25) is 0 Å². The molecule has 0 radical (unpaired) electrons. The quantitative estimate of drug-likeness (QED) is 0.423. The molecular formula is C14H11FN4O. The predicted octanol–water partition coefficient (Wildman–Crippen LogP) is 1.74. The fraction of sp³-hybridized carbons (Fsp3) is 0. The molecule has 0 aliphatic rings. The van der Waals surface area contributed by atoms with Crippen LogP contribution in [0.1, 0.15) is 10.4 Å². The highest BCUT2D eigenvalue weighted by molar-refractivity contribution is 6.06. The van der Waals surface area contributed by atoms with Gasteiger partial charge >= 0.3 is 0 Å². The van der Waals surface area contributed by atoms with E-state index >= 15 is 0 Å². The van der Waals surface area contributed by atoms with E-state index in [1.165, 1.54) is 12.1 Å². The molecule has 6 heteroatoms. The Morgan fingerprint density at radius 3 is 2.65 bits per heavy atom. The monoisotopic (exact) mass is 270 g/mol. The van der Waals surface area contributed by atoms with Crippen LogP contribution in [0, 0.1) is 5.82 Å². The first kappa shape index (κ1) is 12.3. The van der Waals surface area contributed by atoms with E-state index in [9.17, 15) is 9.18 Å². The van der Waals surface area contributed by atoms with Gasteiger partial charge in [-0.15, -0.1) is 0 Å². The van der Waals surface area contributed by atoms with E-state index < -0.39 is 5.91 Å². The number of nitrogens with one attached hydrogen (secondary N) is 1. The molecule has 1 aromatic carbocycles. The molecule has 2 heterocycles. The van der Waals surface area contributed by atoms with E-state index in [4.69, 9.17) is 5.84 Å². The van der Waals surface area contributed by atoms with Gasteiger partial charge in [0, 0.05) is 11.8 Å². The van der Waals surface area contributed by atoms with Crippen LogP contribution in [0.5, 0.6) is 0 Å². The van der Waals surface area contributed by atoms with Crippen molar-refractivity contribution >= 4 is 11.4 Å². The number of nitrogens with zero attached hydrogens (tertiary/aromatic N) is 2. The molecule has 3 N–H and O–H groups in total. The van der Waals surface area contributed by atoms with Crippen molar-refractivity contribution in [3.05, 3.63) is 60.0 Å². The number of rotatable bonds is 2. The summed E-state index contributed by atoms with van der Waals surface area (Å²) in [6.45, 7) is 0. The molecule has 100 valence electrons. The summed E-state index contributed by atoms with van der Waals surface area (Å²) in [6, 6.07) is 11.2. The van der Waals surface area contributed by atoms with Gasteiger partial charge in [0.15, 0.2) is 0 Å². The molecule has 1 amide bonds. The lowest BCUT2D eigenvalue weighted by Crippen LogP contribution is -2.30. The van der Waals surface area contributed by atoms with Gasteiger partial charge in [-0.05, 0) is 36.4 Å². The van der Waals surface area contributed by atoms with Crippen LogP contribution in [0.4, 0.5) is 4.39 Å². The van der Waals surface area contributed by atoms with Crippen molar-refractivity contribution in [1.82, 2.24) is 15.0 Å². The summed E-state index contributed by atoms with van der Waals surface area (Å²) in [5, 5.41) is 4.36. The Kier molecular flexibility index (Phi) is 2.92. The van der Waals surface area contributed by atoms with E-state index in [0.717, 1.165) is 0 Å². The highest BCUT2D eigenvalue weighted by atomic mass is 19.1. The normalized spacial score (nSPS) is 10.7. The number of nitrogen functional groups attached to an aromatic ring is 1. The Labute approximate surface area is 113 Å². The average Bonchev–Trinajstić information content (AvgIpc) is 2.86. The second-order valence-electron chi connectivity index (χ2n) is 4.23. The summed E-state index contributed by atoms with van der Waals surface area (Å²) in [4.78, 5) is 12.0. The summed E-state index contributed by atoms with van der Waals surface area (Å²) in [5.41, 5.74) is 4.21. The van der Waals surface area contributed by atoms with Crippen LogP contribution in [0.25, 0.3) is 16.8 Å². The number of hydrazine groups is 1. The minimum absolute atomic E-state index is 0.345. The first-order valence-electron chi connectivity index (χ1n) is 5.95. The molecule has 3 aromatic rings. The molecule has 0 saturated carbocycles. The Morgan fingerprint density at radius 1 is 1.20 bits per heavy atom. The van der Waals surface area contributed by atoms with Crippen LogP contribution >= 0.6 is 0 Å². The molecule has 0 atom stereocenters. The number of halogens is 1. The zero-order chi connectivity index (χ0) is 14.1. The molecule has 0 saturated heterocycles. The van der Waals surface area contributed by atoms with Gasteiger partial charge in [0.25, 0.3) is 5.91 Å². The molecule has 3 rings (SSSR count). The number of aromatic nitrogens is 2. The Hall–Kier alpha value is -2.73. The molecule has 0 bridgehead atoms. The predicted molar refractivity (Wildman–Crippen MR) is 72.2 cm³/mol. The molecule has 0 unspecified atom stereocenters. The van der Waals surface area contributed by atoms with Gasteiger partial charge < -0.3 is 0 Å². The van der Waals surface area contributed by atoms with E-state index in [2.05, 4.69) is 10.5 Å². The number of hydrogen-bond donors (Lipinski definition) is 2. The van der Waals surface area contributed by atoms with E-state index in [0.29, 0.717) is 22.3 Å². The zero-order valence-electron chi connectivity index (χ0n) is 10.4. The van der Waals surface area contributed by atoms with Gasteiger partial charge in [-0.2, -0.15) is 5.10 Å². The van der Waals surface area contributed by atoms with Crippen LogP contribution < -0.4 is 11.3 Å². The van der Waals surface area contributed by atoms with Gasteiger partial charge in [-0.25, -0.2) is 14.7 Å². The third kappa shape index (κ3) is 1.92. The number of benzene rings is 1. The maximum absolute atomic E-state index is 13.0. The summed E-state index contributed by atoms with van der Waals surface area (Å²) in [5.74, 6) is 4.44. The SMILES string of the molecule is NNC(=O)c1c(-c2ccc(F)cc2)nn2ccccc12. The Balaban J connectivity index is 2.29. The van der Waals surface area contributed by atoms with Gasteiger partial charge in [0.05, 0.1) is 11.1 Å². The summed E-state index contributed by atoms with van der Waals surface area (Å²) in [7, 11) is 0. The fourth-order valence-electron chi connectivity index (χ4n) is 2.10. The average molecular weight is 270 g/mol. The van der Waals surface area contributed by atoms with Crippen LogP contribution in [-0.2, 0) is 0 Å². The molecule has 20 heavy (non-hydrogen) atoms. The number of carbonyl (C=O) groups is 1. The van der Waals surface area contributed by atoms with Crippen LogP contribution in [0.15, 0.2) is 48.7 Å². The van der Waals surface area contributed by atoms with Crippen LogP contribution in [-0.4, -0.2) is 15.5 Å². The Morgan fingerprint density at radius 2 is 1.95 bits per heavy atom. The lowest BCUT2D eigenvalue weighted by Gasteiger charge is -2.01. The molecule has 2 aromatic heterocycles. The lowest BCUT2D eigenvalue weighted by molar-refractivity contribution is 0.0956. The first-order chi connectivity index (χ1) is 9.70. The number of nitrogens with two attached hydrogens (primary N) is 1. The zero-order valence-corrected chi connectivity index (χ0v) is 10.4. The Bertz CT molecular complexity index is 779. The maximum Gasteiger partial charge on any atom is 0.269 e. The number of amides is 1. The molecular weight excluding hydrogens is 259 g/mol. The first-order valence-corrected chi connectivity index (χ1v) is 5.95. The minimum atomic E-state index is -0.439. The third-order valence-corrected chi connectivity index (χ3v) is 3.02. The summed E-state index contributed by atoms with van der Waals surface area (Å²) < 4.78 is 14.6. The number of pyridine rings is 1. The molecule has 5 nitrogen and oxygen atoms in total. The van der Waals surface area contributed by atoms with Gasteiger partial charge in [-0.1, -0.05) is 6.07 Å². The van der Waals surface area contributed by atoms with E-state index in [1.54, 1.807) is 41.0 Å².